The van der Waals surface area contributed by atoms with Crippen LogP contribution in [0.2, 0.25) is 0 Å². The average Bonchev–Trinajstić information content (AvgIpc) is 3.88. The lowest BCUT2D eigenvalue weighted by Crippen LogP contribution is -2.61. The van der Waals surface area contributed by atoms with Gasteiger partial charge in [-0.3, -0.25) is 4.79 Å². The number of allylic oxidation sites excluding steroid dienone is 1. The first-order valence-electron chi connectivity index (χ1n) is 25.7. The van der Waals surface area contributed by atoms with Crippen molar-refractivity contribution < 1.29 is 48.3 Å². The van der Waals surface area contributed by atoms with E-state index in [4.69, 9.17) is 23.4 Å². The molecular formula is C60H66O11. The number of carbonyl (C=O) groups excluding carboxylic acids is 2. The first-order chi connectivity index (χ1) is 34.6. The fraction of sp³-hybridized carbons (Fsp3) is 0.450. The van der Waals surface area contributed by atoms with Gasteiger partial charge in [0, 0.05) is 54.9 Å². The molecule has 9 atom stereocenters. The van der Waals surface area contributed by atoms with E-state index in [2.05, 4.69) is 84.9 Å². The topological polar surface area (TPSA) is 162 Å². The third-order valence-electron chi connectivity index (χ3n) is 16.6. The van der Waals surface area contributed by atoms with Crippen molar-refractivity contribution in [3.63, 3.8) is 0 Å². The first-order valence-corrected chi connectivity index (χ1v) is 25.7. The van der Waals surface area contributed by atoms with Crippen molar-refractivity contribution in [1.29, 1.82) is 0 Å². The first kappa shape index (κ1) is 48.8. The fourth-order valence-electron chi connectivity index (χ4n) is 13.2. The molecule has 1 aromatic heterocycles. The highest BCUT2D eigenvalue weighted by Crippen LogP contribution is 2.57. The van der Waals surface area contributed by atoms with Gasteiger partial charge in [-0.05, 0) is 139 Å². The van der Waals surface area contributed by atoms with Crippen LogP contribution in [0.15, 0.2) is 124 Å². The highest BCUT2D eigenvalue weighted by atomic mass is 16.6. The second kappa shape index (κ2) is 21.1. The maximum atomic E-state index is 15.3. The molecule has 71 heavy (non-hydrogen) atoms. The quantitative estimate of drug-likeness (QED) is 0.0529. The lowest BCUT2D eigenvalue weighted by molar-refractivity contribution is -0.205. The fourth-order valence-corrected chi connectivity index (χ4v) is 13.2. The Hall–Kier alpha value is -5.85. The third kappa shape index (κ3) is 9.54. The van der Waals surface area contributed by atoms with E-state index in [9.17, 15) is 20.1 Å². The van der Waals surface area contributed by atoms with Gasteiger partial charge >= 0.3 is 17.6 Å². The number of aliphatic hydroxyl groups is 3. The Balaban J connectivity index is 1.11. The number of ether oxygens (including phenoxy) is 4. The number of aliphatic hydroxyl groups excluding tert-OH is 3. The molecule has 6 aliphatic rings. The minimum absolute atomic E-state index is 0.0609. The number of hydrogen-bond acceptors (Lipinski definition) is 11. The van der Waals surface area contributed by atoms with E-state index in [1.54, 1.807) is 19.1 Å². The minimum Gasteiger partial charge on any atom is -0.482 e. The Morgan fingerprint density at radius 1 is 0.859 bits per heavy atom. The van der Waals surface area contributed by atoms with Crippen molar-refractivity contribution in [3.05, 3.63) is 169 Å². The average molecular weight is 963 g/mol. The maximum Gasteiger partial charge on any atom is 0.340 e. The zero-order valence-electron chi connectivity index (χ0n) is 40.9. The van der Waals surface area contributed by atoms with Gasteiger partial charge in [0.25, 0.3) is 0 Å². The van der Waals surface area contributed by atoms with Crippen molar-refractivity contribution >= 4 is 22.9 Å². The molecule has 4 heterocycles. The maximum absolute atomic E-state index is 15.3. The Morgan fingerprint density at radius 2 is 1.68 bits per heavy atom. The number of aryl methyl sites for hydroxylation is 1. The van der Waals surface area contributed by atoms with Crippen LogP contribution in [0.5, 0.6) is 5.75 Å². The summed E-state index contributed by atoms with van der Waals surface area (Å²) >= 11 is 0. The molecule has 2 bridgehead atoms. The highest BCUT2D eigenvalue weighted by molar-refractivity contribution is 5.90. The largest absolute Gasteiger partial charge is 0.482 e. The molecule has 0 radical (unpaired) electrons. The lowest BCUT2D eigenvalue weighted by Gasteiger charge is -2.52. The molecule has 11 rings (SSSR count). The van der Waals surface area contributed by atoms with Crippen LogP contribution in [0.25, 0.3) is 11.0 Å². The third-order valence-corrected chi connectivity index (χ3v) is 16.6. The van der Waals surface area contributed by atoms with Crippen molar-refractivity contribution in [2.24, 2.45) is 17.8 Å². The van der Waals surface area contributed by atoms with Crippen LogP contribution in [0, 0.1) is 17.8 Å². The summed E-state index contributed by atoms with van der Waals surface area (Å²) in [6.45, 7) is 0.726. The van der Waals surface area contributed by atoms with Crippen molar-refractivity contribution in [2.45, 2.75) is 126 Å². The van der Waals surface area contributed by atoms with Crippen molar-refractivity contribution in [3.8, 4) is 5.75 Å². The van der Waals surface area contributed by atoms with E-state index in [1.165, 1.54) is 23.8 Å². The minimum atomic E-state index is -1.30. The Morgan fingerprint density at radius 3 is 2.45 bits per heavy atom. The van der Waals surface area contributed by atoms with Crippen LogP contribution in [-0.4, -0.2) is 65.9 Å². The molecule has 11 nitrogen and oxygen atoms in total. The van der Waals surface area contributed by atoms with Gasteiger partial charge in [-0.1, -0.05) is 97.4 Å². The molecule has 0 unspecified atom stereocenters. The molecule has 5 aromatic rings. The number of rotatable bonds is 10. The van der Waals surface area contributed by atoms with Crippen LogP contribution >= 0.6 is 0 Å². The normalized spacial score (nSPS) is 27.5. The van der Waals surface area contributed by atoms with Gasteiger partial charge < -0.3 is 38.7 Å². The summed E-state index contributed by atoms with van der Waals surface area (Å²) < 4.78 is 32.9. The van der Waals surface area contributed by atoms with Crippen molar-refractivity contribution in [1.82, 2.24) is 0 Å². The molecule has 2 fully saturated rings. The van der Waals surface area contributed by atoms with Crippen LogP contribution in [0.3, 0.4) is 0 Å². The zero-order chi connectivity index (χ0) is 49.2. The number of benzene rings is 4. The van der Waals surface area contributed by atoms with Crippen molar-refractivity contribution in [2.75, 3.05) is 26.9 Å². The second-order valence-corrected chi connectivity index (χ2v) is 20.7. The monoisotopic (exact) mass is 962 g/mol. The summed E-state index contributed by atoms with van der Waals surface area (Å²) in [5.74, 6) is -1.19. The molecule has 3 aliphatic heterocycles. The Kier molecular flexibility index (Phi) is 14.5. The molecule has 3 N–H and O–H groups in total. The molecular weight excluding hydrogens is 897 g/mol. The van der Waals surface area contributed by atoms with Crippen LogP contribution in [0.1, 0.15) is 139 Å². The summed E-state index contributed by atoms with van der Waals surface area (Å²) in [6.07, 6.45) is 9.30. The summed E-state index contributed by atoms with van der Waals surface area (Å²) in [5, 5.41) is 32.0. The van der Waals surface area contributed by atoms with E-state index in [0.29, 0.717) is 47.1 Å². The Bertz CT molecular complexity index is 2860. The summed E-state index contributed by atoms with van der Waals surface area (Å²) in [7, 11) is 1.51. The van der Waals surface area contributed by atoms with E-state index < -0.39 is 47.9 Å². The highest BCUT2D eigenvalue weighted by Gasteiger charge is 2.61. The van der Waals surface area contributed by atoms with E-state index >= 15 is 9.59 Å². The standard InChI is InChI=1S/C60H66O11/c1-36(33-62)46-22-18-37-16-19-40(20-17-37)47-23-21-43(42-13-6-11-39(30-42)29-38-9-4-3-5-10-38)31-45(47)32-52(64)68-56-54-51(71-60(57(56)70-58(46)65)27-8-14-41-12-7-15-50(41)60)25-24-48-49(34-63)53(59(66)69-55(48)54)44(26-28-61)35-67-2/h3-6,8-11,13-14,16-17,19-20,24-25,30,41,43-45,47,50,56-57,61-63H,7,12,15,18,21-23,26-29,31-35H2,1-2H3/b46-36-/t41-,43-,44+,45-,47-,50+,56+,57-,60-/m0/s1. The van der Waals surface area contributed by atoms with E-state index in [-0.39, 0.29) is 79.0 Å². The van der Waals surface area contributed by atoms with Gasteiger partial charge in [-0.15, -0.1) is 0 Å². The van der Waals surface area contributed by atoms with Crippen LogP contribution in [-0.2, 0) is 43.2 Å². The van der Waals surface area contributed by atoms with Gasteiger partial charge in [0.05, 0.1) is 25.4 Å². The van der Waals surface area contributed by atoms with Gasteiger partial charge in [0.2, 0.25) is 0 Å². The molecule has 3 aliphatic carbocycles. The predicted molar refractivity (Wildman–Crippen MR) is 269 cm³/mol. The number of esters is 2. The second-order valence-electron chi connectivity index (χ2n) is 20.7. The number of carbonyl (C=O) groups is 2. The van der Waals surface area contributed by atoms with Crippen LogP contribution < -0.4 is 10.4 Å². The lowest BCUT2D eigenvalue weighted by atomic mass is 9.67. The molecule has 372 valence electrons. The smallest absolute Gasteiger partial charge is 0.340 e. The number of methoxy groups -OCH3 is 1. The summed E-state index contributed by atoms with van der Waals surface area (Å²) in [5.41, 5.74) is 5.65. The molecule has 2 saturated carbocycles. The SMILES string of the molecule is COC[C@@H](CCO)c1c(CO)c2ccc3c(c2oc1=O)[C@H]1OC(=O)C[C@@H]2C[C@@H](c4cccc(Cc5ccccc5)c4)CC[C@H]2c2ccc(cc2)CC/C(=C(\C)CO)C(=O)O[C@@H]1[C@@]1(CC=C[C@@H]2CCC[C@H]21)O3. The van der Waals surface area contributed by atoms with Gasteiger partial charge in [0.15, 0.2) is 17.8 Å². The Labute approximate surface area is 415 Å². The molecule has 0 amide bonds. The van der Waals surface area contributed by atoms with Gasteiger partial charge in [0.1, 0.15) is 11.3 Å². The number of fused-ring (bicyclic) bond motifs is 13. The van der Waals surface area contributed by atoms with Gasteiger partial charge in [-0.2, -0.15) is 0 Å². The molecule has 0 saturated heterocycles. The van der Waals surface area contributed by atoms with E-state index in [1.807, 2.05) is 6.07 Å². The van der Waals surface area contributed by atoms with E-state index in [0.717, 1.165) is 56.1 Å². The number of hydrogen-bond donors (Lipinski definition) is 3. The summed E-state index contributed by atoms with van der Waals surface area (Å²) in [4.78, 5) is 44.7. The summed E-state index contributed by atoms with van der Waals surface area (Å²) in [6, 6.07) is 31.4. The van der Waals surface area contributed by atoms with Crippen LogP contribution in [0.4, 0.5) is 0 Å². The molecule has 1 spiro atoms. The predicted octanol–water partition coefficient (Wildman–Crippen LogP) is 10.0. The molecule has 4 aromatic carbocycles. The zero-order valence-corrected chi connectivity index (χ0v) is 40.9. The van der Waals surface area contributed by atoms with Gasteiger partial charge in [-0.25, -0.2) is 9.59 Å². The molecule has 11 heteroatoms.